The summed E-state index contributed by atoms with van der Waals surface area (Å²) >= 11 is 0. The molecule has 3 rings (SSSR count). The number of benzene rings is 1. The van der Waals surface area contributed by atoms with Gasteiger partial charge in [-0.05, 0) is 58.5 Å². The SMILES string of the molecule is Cc1cc(C)c2c(ccn2CC2(N(C)C)CC2)c1. The zero-order valence-electron chi connectivity index (χ0n) is 11.8. The Balaban J connectivity index is 2.03. The smallest absolute Gasteiger partial charge is 0.0510 e. The minimum atomic E-state index is 0.406. The average Bonchev–Trinajstić information content (AvgIpc) is 2.95. The fourth-order valence-corrected chi connectivity index (χ4v) is 3.10. The number of aryl methyl sites for hydroxylation is 2. The van der Waals surface area contributed by atoms with Gasteiger partial charge in [-0.2, -0.15) is 0 Å². The second-order valence-electron chi connectivity index (χ2n) is 6.08. The van der Waals surface area contributed by atoms with Crippen molar-refractivity contribution in [3.8, 4) is 0 Å². The van der Waals surface area contributed by atoms with Gasteiger partial charge in [-0.25, -0.2) is 0 Å². The number of fused-ring (bicyclic) bond motifs is 1. The molecule has 0 aliphatic heterocycles. The second-order valence-corrected chi connectivity index (χ2v) is 6.08. The number of hydrogen-bond donors (Lipinski definition) is 0. The standard InChI is InChI=1S/C16H22N2/c1-12-9-13(2)15-14(10-12)5-8-18(15)11-16(6-7-16)17(3)4/h5,8-10H,6-7,11H2,1-4H3. The summed E-state index contributed by atoms with van der Waals surface area (Å²) in [5, 5.41) is 1.38. The first-order valence-electron chi connectivity index (χ1n) is 6.75. The highest BCUT2D eigenvalue weighted by Crippen LogP contribution is 2.42. The van der Waals surface area contributed by atoms with Crippen molar-refractivity contribution in [2.45, 2.75) is 38.8 Å². The van der Waals surface area contributed by atoms with Crippen molar-refractivity contribution in [2.75, 3.05) is 14.1 Å². The molecular formula is C16H22N2. The summed E-state index contributed by atoms with van der Waals surface area (Å²) in [5.41, 5.74) is 4.56. The maximum atomic E-state index is 2.44. The topological polar surface area (TPSA) is 8.17 Å². The van der Waals surface area contributed by atoms with Gasteiger partial charge in [0.2, 0.25) is 0 Å². The lowest BCUT2D eigenvalue weighted by molar-refractivity contribution is 0.244. The van der Waals surface area contributed by atoms with Crippen molar-refractivity contribution < 1.29 is 0 Å². The minimum Gasteiger partial charge on any atom is -0.345 e. The van der Waals surface area contributed by atoms with Crippen LogP contribution in [-0.4, -0.2) is 29.1 Å². The number of hydrogen-bond acceptors (Lipinski definition) is 1. The quantitative estimate of drug-likeness (QED) is 0.801. The van der Waals surface area contributed by atoms with E-state index in [0.29, 0.717) is 5.54 Å². The monoisotopic (exact) mass is 242 g/mol. The predicted octanol–water partition coefficient (Wildman–Crippen LogP) is 3.35. The van der Waals surface area contributed by atoms with Gasteiger partial charge in [0.1, 0.15) is 0 Å². The molecular weight excluding hydrogens is 220 g/mol. The summed E-state index contributed by atoms with van der Waals surface area (Å²) in [5.74, 6) is 0. The largest absolute Gasteiger partial charge is 0.345 e. The first-order chi connectivity index (χ1) is 8.52. The average molecular weight is 242 g/mol. The normalized spacial score (nSPS) is 17.6. The molecule has 1 aliphatic carbocycles. The molecule has 96 valence electrons. The summed E-state index contributed by atoms with van der Waals surface area (Å²) in [6.07, 6.45) is 4.90. The van der Waals surface area contributed by atoms with Crippen LogP contribution in [0.4, 0.5) is 0 Å². The third kappa shape index (κ3) is 1.76. The highest BCUT2D eigenvalue weighted by Gasteiger charge is 2.45. The van der Waals surface area contributed by atoms with Crippen LogP contribution in [0.1, 0.15) is 24.0 Å². The molecule has 2 aromatic rings. The van der Waals surface area contributed by atoms with Gasteiger partial charge in [0, 0.05) is 23.7 Å². The molecule has 0 amide bonds. The van der Waals surface area contributed by atoms with Crippen LogP contribution in [-0.2, 0) is 6.54 Å². The van der Waals surface area contributed by atoms with E-state index < -0.39 is 0 Å². The van der Waals surface area contributed by atoms with Crippen molar-refractivity contribution in [2.24, 2.45) is 0 Å². The summed E-state index contributed by atoms with van der Waals surface area (Å²) < 4.78 is 2.44. The molecule has 1 aliphatic rings. The molecule has 0 radical (unpaired) electrons. The third-order valence-electron chi connectivity index (χ3n) is 4.44. The first-order valence-corrected chi connectivity index (χ1v) is 6.75. The molecule has 0 unspecified atom stereocenters. The molecule has 1 saturated carbocycles. The summed E-state index contributed by atoms with van der Waals surface area (Å²) in [7, 11) is 4.41. The summed E-state index contributed by atoms with van der Waals surface area (Å²) in [6, 6.07) is 6.82. The Morgan fingerprint density at radius 2 is 1.94 bits per heavy atom. The molecule has 18 heavy (non-hydrogen) atoms. The summed E-state index contributed by atoms with van der Waals surface area (Å²) in [6.45, 7) is 5.51. The lowest BCUT2D eigenvalue weighted by Crippen LogP contribution is -2.34. The van der Waals surface area contributed by atoms with Crippen molar-refractivity contribution in [3.63, 3.8) is 0 Å². The summed E-state index contributed by atoms with van der Waals surface area (Å²) in [4.78, 5) is 2.39. The number of likely N-dealkylation sites (N-methyl/N-ethyl adjacent to an activating group) is 1. The van der Waals surface area contributed by atoms with Gasteiger partial charge < -0.3 is 9.47 Å². The van der Waals surface area contributed by atoms with Gasteiger partial charge in [-0.3, -0.25) is 0 Å². The van der Waals surface area contributed by atoms with Crippen LogP contribution in [0.5, 0.6) is 0 Å². The van der Waals surface area contributed by atoms with Gasteiger partial charge in [0.05, 0.1) is 5.52 Å². The molecule has 0 N–H and O–H groups in total. The van der Waals surface area contributed by atoms with Gasteiger partial charge in [0.15, 0.2) is 0 Å². The van der Waals surface area contributed by atoms with Gasteiger partial charge in [0.25, 0.3) is 0 Å². The van der Waals surface area contributed by atoms with Crippen LogP contribution >= 0.6 is 0 Å². The van der Waals surface area contributed by atoms with Crippen molar-refractivity contribution in [3.05, 3.63) is 35.5 Å². The van der Waals surface area contributed by atoms with E-state index in [0.717, 1.165) is 6.54 Å². The maximum absolute atomic E-state index is 2.44. The molecule has 0 bridgehead atoms. The molecule has 2 nitrogen and oxygen atoms in total. The molecule has 0 saturated heterocycles. The Labute approximate surface area is 109 Å². The number of nitrogens with zero attached hydrogens (tertiary/aromatic N) is 2. The molecule has 1 fully saturated rings. The molecule has 1 aromatic carbocycles. The van der Waals surface area contributed by atoms with Gasteiger partial charge in [-0.15, -0.1) is 0 Å². The van der Waals surface area contributed by atoms with E-state index >= 15 is 0 Å². The molecule has 1 heterocycles. The fourth-order valence-electron chi connectivity index (χ4n) is 3.10. The number of rotatable bonds is 3. The van der Waals surface area contributed by atoms with Crippen LogP contribution in [0.15, 0.2) is 24.4 Å². The Hall–Kier alpha value is -1.28. The van der Waals surface area contributed by atoms with E-state index in [2.05, 4.69) is 61.8 Å². The Bertz CT molecular complexity index is 588. The molecule has 2 heteroatoms. The van der Waals surface area contributed by atoms with Gasteiger partial charge in [-0.1, -0.05) is 11.6 Å². The first kappa shape index (κ1) is 11.8. The Morgan fingerprint density at radius 1 is 1.22 bits per heavy atom. The van der Waals surface area contributed by atoms with E-state index in [9.17, 15) is 0 Å². The molecule has 1 aromatic heterocycles. The van der Waals surface area contributed by atoms with Crippen molar-refractivity contribution in [1.82, 2.24) is 9.47 Å². The predicted molar refractivity (Wildman–Crippen MR) is 77.1 cm³/mol. The highest BCUT2D eigenvalue weighted by atomic mass is 15.2. The lowest BCUT2D eigenvalue weighted by atomic mass is 10.1. The third-order valence-corrected chi connectivity index (χ3v) is 4.44. The number of aromatic nitrogens is 1. The van der Waals surface area contributed by atoms with Crippen LogP contribution in [0.3, 0.4) is 0 Å². The second kappa shape index (κ2) is 3.86. The van der Waals surface area contributed by atoms with Crippen LogP contribution in [0.2, 0.25) is 0 Å². The molecule has 0 spiro atoms. The van der Waals surface area contributed by atoms with Gasteiger partial charge >= 0.3 is 0 Å². The van der Waals surface area contributed by atoms with Crippen molar-refractivity contribution in [1.29, 1.82) is 0 Å². The van der Waals surface area contributed by atoms with E-state index in [1.54, 1.807) is 0 Å². The Morgan fingerprint density at radius 3 is 2.56 bits per heavy atom. The van der Waals surface area contributed by atoms with E-state index in [1.165, 1.54) is 34.9 Å². The van der Waals surface area contributed by atoms with Crippen LogP contribution < -0.4 is 0 Å². The van der Waals surface area contributed by atoms with E-state index in [1.807, 2.05) is 0 Å². The maximum Gasteiger partial charge on any atom is 0.0510 e. The lowest BCUT2D eigenvalue weighted by Gasteiger charge is -2.25. The van der Waals surface area contributed by atoms with Crippen molar-refractivity contribution >= 4 is 10.9 Å². The van der Waals surface area contributed by atoms with E-state index in [4.69, 9.17) is 0 Å². The van der Waals surface area contributed by atoms with Crippen LogP contribution in [0.25, 0.3) is 10.9 Å². The zero-order chi connectivity index (χ0) is 12.9. The minimum absolute atomic E-state index is 0.406. The zero-order valence-corrected chi connectivity index (χ0v) is 11.8. The highest BCUT2D eigenvalue weighted by molar-refractivity contribution is 5.84. The van der Waals surface area contributed by atoms with Crippen LogP contribution in [0, 0.1) is 13.8 Å². The fraction of sp³-hybridized carbons (Fsp3) is 0.500. The Kier molecular flexibility index (Phi) is 2.53. The van der Waals surface area contributed by atoms with E-state index in [-0.39, 0.29) is 0 Å². The molecule has 0 atom stereocenters.